The van der Waals surface area contributed by atoms with E-state index >= 15 is 0 Å². The first-order valence-electron chi connectivity index (χ1n) is 5.73. The molecule has 1 N–H and O–H groups in total. The van der Waals surface area contributed by atoms with Crippen molar-refractivity contribution in [2.75, 3.05) is 13.2 Å². The van der Waals surface area contributed by atoms with Crippen LogP contribution < -0.4 is 0 Å². The first-order chi connectivity index (χ1) is 8.09. The molecule has 0 bridgehead atoms. The van der Waals surface area contributed by atoms with E-state index in [1.54, 1.807) is 6.20 Å². The molecule has 1 unspecified atom stereocenters. The van der Waals surface area contributed by atoms with Gasteiger partial charge in [0.15, 0.2) is 6.29 Å². The summed E-state index contributed by atoms with van der Waals surface area (Å²) in [6, 6.07) is 0.205. The summed E-state index contributed by atoms with van der Waals surface area (Å²) in [4.78, 5) is 0. The first-order valence-corrected chi connectivity index (χ1v) is 6.53. The highest BCUT2D eigenvalue weighted by atomic mass is 79.9. The summed E-state index contributed by atoms with van der Waals surface area (Å²) < 4.78 is 13.3. The van der Waals surface area contributed by atoms with Crippen LogP contribution in [0.2, 0.25) is 0 Å². The Morgan fingerprint density at radius 1 is 1.53 bits per heavy atom. The Morgan fingerprint density at radius 2 is 2.18 bits per heavy atom. The van der Waals surface area contributed by atoms with Crippen molar-refractivity contribution in [3.63, 3.8) is 0 Å². The van der Waals surface area contributed by atoms with Gasteiger partial charge in [-0.05, 0) is 29.8 Å². The lowest BCUT2D eigenvalue weighted by Crippen LogP contribution is -2.17. The van der Waals surface area contributed by atoms with Crippen LogP contribution in [0.3, 0.4) is 0 Å². The highest BCUT2D eigenvalue weighted by Crippen LogP contribution is 2.29. The minimum atomic E-state index is -0.641. The molecule has 1 fully saturated rings. The van der Waals surface area contributed by atoms with Crippen molar-refractivity contribution in [3.05, 3.63) is 16.4 Å². The highest BCUT2D eigenvalue weighted by Gasteiger charge is 2.25. The molecular formula is C11H17BrN2O3. The Hall–Kier alpha value is -0.430. The molecule has 1 atom stereocenters. The minimum Gasteiger partial charge on any atom is -0.387 e. The maximum Gasteiger partial charge on any atom is 0.160 e. The third kappa shape index (κ3) is 2.88. The predicted molar refractivity (Wildman–Crippen MR) is 65.6 cm³/mol. The van der Waals surface area contributed by atoms with E-state index < -0.39 is 6.10 Å². The normalized spacial score (nSPS) is 19.1. The number of rotatable bonds is 4. The molecule has 0 amide bonds. The van der Waals surface area contributed by atoms with Crippen molar-refractivity contribution in [2.45, 2.75) is 38.7 Å². The van der Waals surface area contributed by atoms with Gasteiger partial charge in [0.1, 0.15) is 6.10 Å². The summed E-state index contributed by atoms with van der Waals surface area (Å²) >= 11 is 3.41. The Bertz CT molecular complexity index is 375. The maximum atomic E-state index is 10.2. The van der Waals surface area contributed by atoms with Gasteiger partial charge in [-0.1, -0.05) is 0 Å². The van der Waals surface area contributed by atoms with E-state index in [0.717, 1.165) is 10.2 Å². The van der Waals surface area contributed by atoms with Crippen LogP contribution in [0, 0.1) is 0 Å². The fourth-order valence-electron chi connectivity index (χ4n) is 1.91. The fraction of sp³-hybridized carbons (Fsp3) is 0.727. The Labute approximate surface area is 109 Å². The number of ether oxygens (including phenoxy) is 2. The largest absolute Gasteiger partial charge is 0.387 e. The molecular weight excluding hydrogens is 288 g/mol. The lowest BCUT2D eigenvalue weighted by atomic mass is 10.1. The van der Waals surface area contributed by atoms with E-state index in [1.165, 1.54) is 0 Å². The Balaban J connectivity index is 2.11. The van der Waals surface area contributed by atoms with Crippen molar-refractivity contribution in [3.8, 4) is 0 Å². The molecule has 0 spiro atoms. The summed E-state index contributed by atoms with van der Waals surface area (Å²) in [6.45, 7) is 5.25. The summed E-state index contributed by atoms with van der Waals surface area (Å²) in [6.07, 6.45) is 1.18. The van der Waals surface area contributed by atoms with Crippen molar-refractivity contribution >= 4 is 15.9 Å². The molecule has 0 aromatic carbocycles. The smallest absolute Gasteiger partial charge is 0.160 e. The van der Waals surface area contributed by atoms with Gasteiger partial charge in [-0.3, -0.25) is 4.68 Å². The van der Waals surface area contributed by atoms with E-state index in [1.807, 2.05) is 18.5 Å². The van der Waals surface area contributed by atoms with E-state index in [9.17, 15) is 5.11 Å². The Kier molecular flexibility index (Phi) is 4.19. The second kappa shape index (κ2) is 5.48. The number of nitrogens with zero attached hydrogens (tertiary/aromatic N) is 2. The molecule has 1 aromatic heterocycles. The van der Waals surface area contributed by atoms with Gasteiger partial charge in [0.2, 0.25) is 0 Å². The molecule has 2 rings (SSSR count). The van der Waals surface area contributed by atoms with Crippen LogP contribution in [0.1, 0.15) is 38.1 Å². The molecule has 1 saturated heterocycles. The van der Waals surface area contributed by atoms with E-state index in [-0.39, 0.29) is 12.3 Å². The summed E-state index contributed by atoms with van der Waals surface area (Å²) in [5.41, 5.74) is 0.777. The Morgan fingerprint density at radius 3 is 2.76 bits per heavy atom. The van der Waals surface area contributed by atoms with Crippen molar-refractivity contribution in [1.82, 2.24) is 9.78 Å². The molecule has 17 heavy (non-hydrogen) atoms. The predicted octanol–water partition coefficient (Wildman–Crippen LogP) is 2.02. The van der Waals surface area contributed by atoms with Crippen LogP contribution in [0.4, 0.5) is 0 Å². The zero-order chi connectivity index (χ0) is 12.4. The maximum absolute atomic E-state index is 10.2. The van der Waals surface area contributed by atoms with Gasteiger partial charge < -0.3 is 14.6 Å². The van der Waals surface area contributed by atoms with Crippen LogP contribution in [0.15, 0.2) is 10.7 Å². The van der Waals surface area contributed by atoms with Gasteiger partial charge in [-0.25, -0.2) is 0 Å². The van der Waals surface area contributed by atoms with Gasteiger partial charge >= 0.3 is 0 Å². The third-order valence-corrected chi connectivity index (χ3v) is 3.31. The van der Waals surface area contributed by atoms with E-state index in [2.05, 4.69) is 21.0 Å². The average molecular weight is 305 g/mol. The zero-order valence-corrected chi connectivity index (χ0v) is 11.6. The van der Waals surface area contributed by atoms with Crippen molar-refractivity contribution in [1.29, 1.82) is 0 Å². The molecule has 0 radical (unpaired) electrons. The molecule has 96 valence electrons. The van der Waals surface area contributed by atoms with E-state index in [4.69, 9.17) is 9.47 Å². The lowest BCUT2D eigenvalue weighted by molar-refractivity contribution is -0.0721. The van der Waals surface area contributed by atoms with Crippen LogP contribution in [0.5, 0.6) is 0 Å². The number of aromatic nitrogens is 2. The lowest BCUT2D eigenvalue weighted by Gasteiger charge is -2.18. The second-order valence-corrected chi connectivity index (χ2v) is 5.19. The summed E-state index contributed by atoms with van der Waals surface area (Å²) in [7, 11) is 0. The van der Waals surface area contributed by atoms with Gasteiger partial charge in [-0.15, -0.1) is 0 Å². The molecule has 0 saturated carbocycles. The molecule has 1 aliphatic rings. The van der Waals surface area contributed by atoms with Crippen LogP contribution >= 0.6 is 15.9 Å². The SMILES string of the molecule is CC(C)n1ncc(Br)c1C(O)CC1OCCO1. The van der Waals surface area contributed by atoms with E-state index in [0.29, 0.717) is 19.6 Å². The number of hydrogen-bond acceptors (Lipinski definition) is 4. The van der Waals surface area contributed by atoms with Crippen molar-refractivity contribution in [2.24, 2.45) is 0 Å². The average Bonchev–Trinajstić information content (AvgIpc) is 2.86. The molecule has 1 aliphatic heterocycles. The number of halogens is 1. The standard InChI is InChI=1S/C11H17BrN2O3/c1-7(2)14-11(8(12)6-13-14)9(15)5-10-16-3-4-17-10/h6-7,9-10,15H,3-5H2,1-2H3. The molecule has 5 nitrogen and oxygen atoms in total. The fourth-order valence-corrected chi connectivity index (χ4v) is 2.45. The van der Waals surface area contributed by atoms with Gasteiger partial charge in [0, 0.05) is 12.5 Å². The van der Waals surface area contributed by atoms with Gasteiger partial charge in [-0.2, -0.15) is 5.10 Å². The highest BCUT2D eigenvalue weighted by molar-refractivity contribution is 9.10. The molecule has 6 heteroatoms. The second-order valence-electron chi connectivity index (χ2n) is 4.34. The van der Waals surface area contributed by atoms with Crippen LogP contribution in [-0.2, 0) is 9.47 Å². The minimum absolute atomic E-state index is 0.205. The molecule has 2 heterocycles. The monoisotopic (exact) mass is 304 g/mol. The summed E-state index contributed by atoms with van der Waals surface area (Å²) in [5, 5.41) is 14.5. The quantitative estimate of drug-likeness (QED) is 0.924. The van der Waals surface area contributed by atoms with Gasteiger partial charge in [0.25, 0.3) is 0 Å². The molecule has 1 aromatic rings. The molecule has 0 aliphatic carbocycles. The van der Waals surface area contributed by atoms with Crippen LogP contribution in [-0.4, -0.2) is 34.4 Å². The number of aliphatic hydroxyl groups excluding tert-OH is 1. The van der Waals surface area contributed by atoms with Crippen LogP contribution in [0.25, 0.3) is 0 Å². The first kappa shape index (κ1) is 13.0. The summed E-state index contributed by atoms with van der Waals surface area (Å²) in [5.74, 6) is 0. The third-order valence-electron chi connectivity index (χ3n) is 2.70. The topological polar surface area (TPSA) is 56.5 Å². The number of aliphatic hydroxyl groups is 1. The number of hydrogen-bond donors (Lipinski definition) is 1. The van der Waals surface area contributed by atoms with Gasteiger partial charge in [0.05, 0.1) is 29.6 Å². The van der Waals surface area contributed by atoms with Crippen molar-refractivity contribution < 1.29 is 14.6 Å². The zero-order valence-electron chi connectivity index (χ0n) is 9.97.